The summed E-state index contributed by atoms with van der Waals surface area (Å²) in [5.41, 5.74) is 1.24. The fraction of sp³-hybridized carbons (Fsp3) is 0.727. The van der Waals surface area contributed by atoms with Gasteiger partial charge in [0.15, 0.2) is 0 Å². The van der Waals surface area contributed by atoms with E-state index in [9.17, 15) is 0 Å². The van der Waals surface area contributed by atoms with Gasteiger partial charge >= 0.3 is 7.12 Å². The molecule has 1 heterocycles. The molecule has 0 aromatic heterocycles. The Bertz CT molecular complexity index is 615. The van der Waals surface area contributed by atoms with Crippen molar-refractivity contribution in [2.24, 2.45) is 11.3 Å². The number of hydrogen-bond acceptors (Lipinski definition) is 2. The maximum atomic E-state index is 6.61. The third-order valence-electron chi connectivity index (χ3n) is 7.98. The largest absolute Gasteiger partial charge is 0.465 e. The van der Waals surface area contributed by atoms with Gasteiger partial charge in [0.2, 0.25) is 0 Å². The summed E-state index contributed by atoms with van der Waals surface area (Å²) < 4.78 is 13.2. The zero-order valence-electron chi connectivity index (χ0n) is 16.6. The van der Waals surface area contributed by atoms with Crippen molar-refractivity contribution < 1.29 is 9.31 Å². The van der Waals surface area contributed by atoms with Gasteiger partial charge in [-0.15, -0.1) is 0 Å². The van der Waals surface area contributed by atoms with Crippen LogP contribution in [0.15, 0.2) is 30.3 Å². The zero-order chi connectivity index (χ0) is 17.9. The first-order valence-corrected chi connectivity index (χ1v) is 10.1. The van der Waals surface area contributed by atoms with Gasteiger partial charge in [-0.2, -0.15) is 0 Å². The van der Waals surface area contributed by atoms with Crippen LogP contribution in [0.3, 0.4) is 0 Å². The normalized spacial score (nSPS) is 29.1. The van der Waals surface area contributed by atoms with Gasteiger partial charge in [-0.05, 0) is 76.7 Å². The molecule has 0 bridgehead atoms. The van der Waals surface area contributed by atoms with Crippen LogP contribution < -0.4 is 0 Å². The molecule has 1 aromatic rings. The lowest BCUT2D eigenvalue weighted by Crippen LogP contribution is -2.53. The van der Waals surface area contributed by atoms with Crippen molar-refractivity contribution >= 4 is 7.12 Å². The first-order chi connectivity index (χ1) is 11.7. The molecule has 4 rings (SSSR count). The molecule has 3 aliphatic rings. The second-order valence-corrected chi connectivity index (χ2v) is 9.95. The number of hydrogen-bond donors (Lipinski definition) is 0. The molecule has 2 nitrogen and oxygen atoms in total. The van der Waals surface area contributed by atoms with Crippen molar-refractivity contribution in [3.8, 4) is 0 Å². The van der Waals surface area contributed by atoms with Crippen molar-refractivity contribution in [2.45, 2.75) is 89.7 Å². The van der Waals surface area contributed by atoms with E-state index >= 15 is 0 Å². The summed E-state index contributed by atoms with van der Waals surface area (Å²) in [7, 11) is -0.0689. The van der Waals surface area contributed by atoms with Crippen LogP contribution in [0.1, 0.15) is 72.3 Å². The van der Waals surface area contributed by atoms with Gasteiger partial charge in [0.1, 0.15) is 0 Å². The molecule has 3 heteroatoms. The maximum Gasteiger partial charge on any atom is 0.465 e. The van der Waals surface area contributed by atoms with Crippen LogP contribution in [0.2, 0.25) is 5.31 Å². The van der Waals surface area contributed by atoms with Crippen LogP contribution in [0.5, 0.6) is 0 Å². The van der Waals surface area contributed by atoms with Crippen LogP contribution in [-0.2, 0) is 15.7 Å². The van der Waals surface area contributed by atoms with E-state index < -0.39 is 0 Å². The Hall–Kier alpha value is -0.795. The van der Waals surface area contributed by atoms with Gasteiger partial charge < -0.3 is 9.31 Å². The van der Waals surface area contributed by atoms with E-state index in [4.69, 9.17) is 9.31 Å². The minimum Gasteiger partial charge on any atom is -0.403 e. The molecule has 1 aliphatic heterocycles. The van der Waals surface area contributed by atoms with Crippen molar-refractivity contribution in [1.82, 2.24) is 0 Å². The van der Waals surface area contributed by atoms with E-state index in [-0.39, 0.29) is 29.0 Å². The van der Waals surface area contributed by atoms with E-state index in [1.54, 1.807) is 0 Å². The van der Waals surface area contributed by atoms with Gasteiger partial charge in [-0.3, -0.25) is 0 Å². The second kappa shape index (κ2) is 5.60. The first kappa shape index (κ1) is 17.6. The highest BCUT2D eigenvalue weighted by Crippen LogP contribution is 2.71. The second-order valence-electron chi connectivity index (χ2n) is 9.95. The summed E-state index contributed by atoms with van der Waals surface area (Å²) in [5, 5.41) is 0.162. The quantitative estimate of drug-likeness (QED) is 0.644. The molecule has 25 heavy (non-hydrogen) atoms. The maximum absolute atomic E-state index is 6.61. The third-order valence-corrected chi connectivity index (χ3v) is 7.98. The molecular weight excluding hydrogens is 307 g/mol. The van der Waals surface area contributed by atoms with Gasteiger partial charge in [-0.25, -0.2) is 0 Å². The molecule has 3 fully saturated rings. The Morgan fingerprint density at radius 3 is 2.00 bits per heavy atom. The Labute approximate surface area is 153 Å². The predicted molar refractivity (Wildman–Crippen MR) is 104 cm³/mol. The lowest BCUT2D eigenvalue weighted by molar-refractivity contribution is 0.00578. The summed E-state index contributed by atoms with van der Waals surface area (Å²) >= 11 is 0. The Kier molecular flexibility index (Phi) is 3.94. The molecule has 0 amide bonds. The lowest BCUT2D eigenvalue weighted by atomic mass is 9.35. The van der Waals surface area contributed by atoms with Crippen LogP contribution >= 0.6 is 0 Å². The highest BCUT2D eigenvalue weighted by molar-refractivity contribution is 6.50. The van der Waals surface area contributed by atoms with E-state index in [1.165, 1.54) is 37.7 Å². The zero-order valence-corrected chi connectivity index (χ0v) is 16.6. The Morgan fingerprint density at radius 1 is 1.00 bits per heavy atom. The molecule has 0 unspecified atom stereocenters. The average Bonchev–Trinajstić information content (AvgIpc) is 3.27. The molecule has 1 saturated heterocycles. The highest BCUT2D eigenvalue weighted by atomic mass is 16.7. The number of rotatable bonds is 5. The van der Waals surface area contributed by atoms with Gasteiger partial charge in [0.05, 0.1) is 11.2 Å². The van der Waals surface area contributed by atoms with E-state index in [0.29, 0.717) is 0 Å². The smallest absolute Gasteiger partial charge is 0.403 e. The monoisotopic (exact) mass is 340 g/mol. The SMILES string of the molecule is CC1(C)OB(C2([C@](C)(Cc3ccccc3)C3CC3)CCC2)OC1(C)C. The van der Waals surface area contributed by atoms with E-state index in [1.807, 2.05) is 0 Å². The summed E-state index contributed by atoms with van der Waals surface area (Å²) in [6, 6.07) is 11.0. The van der Waals surface area contributed by atoms with Gasteiger partial charge in [-0.1, -0.05) is 43.7 Å². The van der Waals surface area contributed by atoms with Crippen LogP contribution in [-0.4, -0.2) is 18.3 Å². The molecule has 136 valence electrons. The molecule has 0 N–H and O–H groups in total. The highest BCUT2D eigenvalue weighted by Gasteiger charge is 2.69. The molecule has 1 aromatic carbocycles. The molecule has 2 aliphatic carbocycles. The minimum atomic E-state index is -0.239. The Morgan fingerprint density at radius 2 is 1.56 bits per heavy atom. The summed E-state index contributed by atoms with van der Waals surface area (Å²) in [5.74, 6) is 0.812. The first-order valence-electron chi connectivity index (χ1n) is 10.1. The fourth-order valence-corrected chi connectivity index (χ4v) is 5.17. The van der Waals surface area contributed by atoms with Crippen molar-refractivity contribution in [3.05, 3.63) is 35.9 Å². The van der Waals surface area contributed by atoms with Gasteiger partial charge in [0, 0.05) is 5.31 Å². The van der Waals surface area contributed by atoms with Gasteiger partial charge in [0.25, 0.3) is 0 Å². The lowest BCUT2D eigenvalue weighted by Gasteiger charge is -2.56. The fourth-order valence-electron chi connectivity index (χ4n) is 5.17. The van der Waals surface area contributed by atoms with Crippen LogP contribution in [0.4, 0.5) is 0 Å². The Balaban J connectivity index is 1.68. The summed E-state index contributed by atoms with van der Waals surface area (Å²) in [6.07, 6.45) is 7.66. The van der Waals surface area contributed by atoms with E-state index in [2.05, 4.69) is 65.0 Å². The van der Waals surface area contributed by atoms with Crippen LogP contribution in [0.25, 0.3) is 0 Å². The van der Waals surface area contributed by atoms with Crippen molar-refractivity contribution in [2.75, 3.05) is 0 Å². The van der Waals surface area contributed by atoms with Crippen LogP contribution in [0, 0.1) is 11.3 Å². The number of benzene rings is 1. The van der Waals surface area contributed by atoms with Crippen molar-refractivity contribution in [3.63, 3.8) is 0 Å². The molecular formula is C22H33BO2. The summed E-state index contributed by atoms with van der Waals surface area (Å²) in [6.45, 7) is 11.3. The standard InChI is InChI=1S/C22H33BO2/c1-19(2)20(3,4)25-23(24-19)22(14-9-15-22)21(5,18-12-13-18)16-17-10-7-6-8-11-17/h6-8,10-11,18H,9,12-16H2,1-5H3/t21-/m1/s1. The molecule has 2 saturated carbocycles. The summed E-state index contributed by atoms with van der Waals surface area (Å²) in [4.78, 5) is 0. The predicted octanol–water partition coefficient (Wildman–Crippen LogP) is 5.66. The molecule has 0 spiro atoms. The molecule has 1 atom stereocenters. The third kappa shape index (κ3) is 2.61. The topological polar surface area (TPSA) is 18.5 Å². The minimum absolute atomic E-state index is 0.0689. The van der Waals surface area contributed by atoms with Crippen molar-refractivity contribution in [1.29, 1.82) is 0 Å². The van der Waals surface area contributed by atoms with E-state index in [0.717, 1.165) is 12.3 Å². The molecule has 0 radical (unpaired) electrons. The average molecular weight is 340 g/mol.